The molecule has 2 aromatic carbocycles. The van der Waals surface area contributed by atoms with Gasteiger partial charge in [-0.1, -0.05) is 30.3 Å². The van der Waals surface area contributed by atoms with Crippen LogP contribution in [0, 0.1) is 6.92 Å². The van der Waals surface area contributed by atoms with E-state index in [4.69, 9.17) is 9.47 Å². The van der Waals surface area contributed by atoms with Crippen molar-refractivity contribution < 1.29 is 29.9 Å². The molecule has 4 rings (SSSR count). The van der Waals surface area contributed by atoms with Gasteiger partial charge >= 0.3 is 0 Å². The summed E-state index contributed by atoms with van der Waals surface area (Å²) < 4.78 is 11.5. The number of aryl methyl sites for hydroxylation is 1. The largest absolute Gasteiger partial charge is 0.490 e. The van der Waals surface area contributed by atoms with Crippen molar-refractivity contribution in [2.24, 2.45) is 0 Å². The summed E-state index contributed by atoms with van der Waals surface area (Å²) in [6.07, 6.45) is -2.40. The van der Waals surface area contributed by atoms with Crippen molar-refractivity contribution in [1.82, 2.24) is 0 Å². The first kappa shape index (κ1) is 20.3. The molecule has 1 aliphatic carbocycles. The third-order valence-corrected chi connectivity index (χ3v) is 5.74. The lowest BCUT2D eigenvalue weighted by atomic mass is 9.89. The summed E-state index contributed by atoms with van der Waals surface area (Å²) in [7, 11) is 0. The van der Waals surface area contributed by atoms with E-state index in [1.54, 1.807) is 0 Å². The lowest BCUT2D eigenvalue weighted by molar-refractivity contribution is -0.231. The fourth-order valence-electron chi connectivity index (χ4n) is 3.72. The van der Waals surface area contributed by atoms with E-state index in [0.29, 0.717) is 18.1 Å². The average Bonchev–Trinajstić information content (AvgIpc) is 3.54. The Kier molecular flexibility index (Phi) is 5.90. The molecule has 4 N–H and O–H groups in total. The van der Waals surface area contributed by atoms with Crippen molar-refractivity contribution in [2.75, 3.05) is 6.61 Å². The Morgan fingerprint density at radius 3 is 2.34 bits per heavy atom. The molecular formula is C23H28O6. The van der Waals surface area contributed by atoms with Crippen LogP contribution >= 0.6 is 0 Å². The minimum Gasteiger partial charge on any atom is -0.490 e. The minimum absolute atomic E-state index is 0.373. The van der Waals surface area contributed by atoms with E-state index in [9.17, 15) is 20.4 Å². The molecule has 2 unspecified atom stereocenters. The van der Waals surface area contributed by atoms with Crippen LogP contribution in [0.15, 0.2) is 42.5 Å². The zero-order chi connectivity index (χ0) is 20.5. The lowest BCUT2D eigenvalue weighted by Crippen LogP contribution is -2.55. The van der Waals surface area contributed by atoms with E-state index in [1.807, 2.05) is 37.3 Å². The van der Waals surface area contributed by atoms with Gasteiger partial charge in [-0.3, -0.25) is 0 Å². The van der Waals surface area contributed by atoms with Gasteiger partial charge in [-0.25, -0.2) is 0 Å². The van der Waals surface area contributed by atoms with Gasteiger partial charge in [-0.15, -0.1) is 0 Å². The molecule has 0 radical (unpaired) electrons. The summed E-state index contributed by atoms with van der Waals surface area (Å²) >= 11 is 0. The quantitative estimate of drug-likeness (QED) is 0.588. The van der Waals surface area contributed by atoms with Crippen LogP contribution in [0.4, 0.5) is 0 Å². The van der Waals surface area contributed by atoms with Gasteiger partial charge in [0.05, 0.1) is 12.7 Å². The molecule has 0 amide bonds. The van der Waals surface area contributed by atoms with Crippen LogP contribution in [-0.2, 0) is 11.2 Å². The molecule has 2 aliphatic rings. The topological polar surface area (TPSA) is 99.4 Å². The zero-order valence-corrected chi connectivity index (χ0v) is 16.4. The van der Waals surface area contributed by atoms with Gasteiger partial charge in [0.25, 0.3) is 0 Å². The molecule has 0 bridgehead atoms. The molecule has 1 aliphatic heterocycles. The number of ether oxygens (including phenoxy) is 2. The van der Waals surface area contributed by atoms with Crippen LogP contribution in [0.3, 0.4) is 0 Å². The summed E-state index contributed by atoms with van der Waals surface area (Å²) in [4.78, 5) is 0. The molecule has 0 aromatic heterocycles. The van der Waals surface area contributed by atoms with E-state index < -0.39 is 37.1 Å². The van der Waals surface area contributed by atoms with Gasteiger partial charge in [0.2, 0.25) is 0 Å². The maximum absolute atomic E-state index is 10.4. The highest BCUT2D eigenvalue weighted by atomic mass is 16.5. The van der Waals surface area contributed by atoms with Gasteiger partial charge in [-0.05, 0) is 60.6 Å². The molecule has 2 fully saturated rings. The van der Waals surface area contributed by atoms with Gasteiger partial charge in [0.1, 0.15) is 36.3 Å². The van der Waals surface area contributed by atoms with Gasteiger partial charge in [0, 0.05) is 0 Å². The van der Waals surface area contributed by atoms with E-state index in [0.717, 1.165) is 35.3 Å². The Balaban J connectivity index is 1.52. The van der Waals surface area contributed by atoms with Crippen molar-refractivity contribution in [3.05, 3.63) is 64.7 Å². The normalized spacial score (nSPS) is 29.6. The minimum atomic E-state index is -1.38. The second kappa shape index (κ2) is 8.42. The Labute approximate surface area is 170 Å². The highest BCUT2D eigenvalue weighted by Gasteiger charge is 2.43. The van der Waals surface area contributed by atoms with E-state index in [2.05, 4.69) is 12.1 Å². The smallest absolute Gasteiger partial charge is 0.119 e. The Morgan fingerprint density at radius 1 is 0.966 bits per heavy atom. The van der Waals surface area contributed by atoms with Crippen LogP contribution in [0.2, 0.25) is 0 Å². The first-order valence-corrected chi connectivity index (χ1v) is 10.1. The lowest BCUT2D eigenvalue weighted by Gasteiger charge is -2.40. The number of hydrogen-bond acceptors (Lipinski definition) is 6. The maximum atomic E-state index is 10.4. The summed E-state index contributed by atoms with van der Waals surface area (Å²) in [6, 6.07) is 13.8. The molecule has 5 atom stereocenters. The molecule has 2 aromatic rings. The van der Waals surface area contributed by atoms with Crippen LogP contribution in [-0.4, -0.2) is 57.6 Å². The van der Waals surface area contributed by atoms with Gasteiger partial charge < -0.3 is 29.9 Å². The SMILES string of the molecule is Cc1ccc([C@@H]2OC(CO)[C@@H](O)C(O)[C@H]2O)cc1Cc1ccc(OC2CC2)cc1. The molecule has 0 spiro atoms. The second-order valence-corrected chi connectivity index (χ2v) is 8.07. The number of hydrogen-bond donors (Lipinski definition) is 4. The van der Waals surface area contributed by atoms with Crippen LogP contribution in [0.5, 0.6) is 5.75 Å². The van der Waals surface area contributed by atoms with Crippen LogP contribution in [0.25, 0.3) is 0 Å². The Hall–Kier alpha value is -1.96. The Morgan fingerprint density at radius 2 is 1.69 bits per heavy atom. The first-order valence-electron chi connectivity index (χ1n) is 10.1. The number of aliphatic hydroxyl groups excluding tert-OH is 4. The van der Waals surface area contributed by atoms with Gasteiger partial charge in [0.15, 0.2) is 0 Å². The van der Waals surface area contributed by atoms with Crippen molar-refractivity contribution >= 4 is 0 Å². The summed E-state index contributed by atoms with van der Waals surface area (Å²) in [5.74, 6) is 0.892. The van der Waals surface area contributed by atoms with E-state index in [1.165, 1.54) is 0 Å². The van der Waals surface area contributed by atoms with E-state index >= 15 is 0 Å². The second-order valence-electron chi connectivity index (χ2n) is 8.07. The molecule has 6 nitrogen and oxygen atoms in total. The predicted molar refractivity (Wildman–Crippen MR) is 107 cm³/mol. The average molecular weight is 400 g/mol. The van der Waals surface area contributed by atoms with Crippen molar-refractivity contribution in [3.63, 3.8) is 0 Å². The fourth-order valence-corrected chi connectivity index (χ4v) is 3.72. The highest BCUT2D eigenvalue weighted by molar-refractivity contribution is 5.38. The zero-order valence-electron chi connectivity index (χ0n) is 16.4. The molecule has 1 heterocycles. The van der Waals surface area contributed by atoms with Crippen molar-refractivity contribution in [3.8, 4) is 5.75 Å². The standard InChI is InChI=1S/C23H28O6/c1-13-2-5-15(23-22(27)21(26)20(25)19(12-24)29-23)11-16(13)10-14-3-6-17(7-4-14)28-18-8-9-18/h2-7,11,18-27H,8-10,12H2,1H3/t19?,20-,21?,22-,23+/m1/s1. The van der Waals surface area contributed by atoms with Crippen molar-refractivity contribution in [2.45, 2.75) is 62.8 Å². The first-order chi connectivity index (χ1) is 14.0. The summed E-state index contributed by atoms with van der Waals surface area (Å²) in [6.45, 7) is 1.59. The maximum Gasteiger partial charge on any atom is 0.119 e. The number of rotatable bonds is 6. The molecule has 6 heteroatoms. The summed E-state index contributed by atoms with van der Waals surface area (Å²) in [5.41, 5.74) is 4.03. The fraction of sp³-hybridized carbons (Fsp3) is 0.478. The third-order valence-electron chi connectivity index (χ3n) is 5.74. The van der Waals surface area contributed by atoms with Crippen LogP contribution < -0.4 is 4.74 Å². The molecular weight excluding hydrogens is 372 g/mol. The molecule has 29 heavy (non-hydrogen) atoms. The molecule has 156 valence electrons. The monoisotopic (exact) mass is 400 g/mol. The van der Waals surface area contributed by atoms with Crippen LogP contribution in [0.1, 0.15) is 41.2 Å². The van der Waals surface area contributed by atoms with E-state index in [-0.39, 0.29) is 0 Å². The molecule has 1 saturated carbocycles. The number of benzene rings is 2. The van der Waals surface area contributed by atoms with Gasteiger partial charge in [-0.2, -0.15) is 0 Å². The predicted octanol–water partition coefficient (Wildman–Crippen LogP) is 1.64. The summed E-state index contributed by atoms with van der Waals surface area (Å²) in [5, 5.41) is 39.9. The molecule has 1 saturated heterocycles. The number of aliphatic hydroxyl groups is 4. The Bertz CT molecular complexity index is 830. The highest BCUT2D eigenvalue weighted by Crippen LogP contribution is 2.34. The van der Waals surface area contributed by atoms with Crippen molar-refractivity contribution in [1.29, 1.82) is 0 Å². The third kappa shape index (κ3) is 4.47.